The summed E-state index contributed by atoms with van der Waals surface area (Å²) >= 11 is 0. The lowest BCUT2D eigenvalue weighted by molar-refractivity contribution is 0.451. The fourth-order valence-electron chi connectivity index (χ4n) is 1.45. The molecule has 7 heteroatoms. The Morgan fingerprint density at radius 1 is 1.05 bits per heavy atom. The van der Waals surface area contributed by atoms with Gasteiger partial charge in [0.05, 0.1) is 18.8 Å². The number of nitrogens with one attached hydrogen (secondary N) is 2. The molecule has 0 atom stereocenters. The van der Waals surface area contributed by atoms with E-state index >= 15 is 0 Å². The molecule has 0 saturated heterocycles. The number of oxazole rings is 1. The van der Waals surface area contributed by atoms with E-state index in [-0.39, 0.29) is 0 Å². The predicted molar refractivity (Wildman–Crippen MR) is 69.6 cm³/mol. The van der Waals surface area contributed by atoms with Gasteiger partial charge in [-0.3, -0.25) is 0 Å². The van der Waals surface area contributed by atoms with Crippen molar-refractivity contribution >= 4 is 6.01 Å². The highest BCUT2D eigenvalue weighted by Crippen LogP contribution is 2.11. The summed E-state index contributed by atoms with van der Waals surface area (Å²) in [4.78, 5) is 4.26. The fraction of sp³-hybridized carbons (Fsp3) is 0.583. The third kappa shape index (κ3) is 3.78. The Balaban J connectivity index is 1.86. The summed E-state index contributed by atoms with van der Waals surface area (Å²) in [6, 6.07) is 0.746. The molecular weight excluding hydrogens is 246 g/mol. The molecule has 0 aromatic carbocycles. The van der Waals surface area contributed by atoms with Gasteiger partial charge in [0.2, 0.25) is 11.8 Å². The standard InChI is InChI=1S/C12H19N5O2/c1-7(2)13-6-11-16-17-12(19-11)14-5-10-15-8(3)9(4)18-10/h7,13H,5-6H2,1-4H3,(H,14,17). The van der Waals surface area contributed by atoms with E-state index < -0.39 is 0 Å². The van der Waals surface area contributed by atoms with Crippen LogP contribution in [-0.2, 0) is 13.1 Å². The van der Waals surface area contributed by atoms with Gasteiger partial charge in [0, 0.05) is 6.04 Å². The maximum Gasteiger partial charge on any atom is 0.315 e. The van der Waals surface area contributed by atoms with Crippen molar-refractivity contribution in [3.63, 3.8) is 0 Å². The molecule has 0 unspecified atom stereocenters. The van der Waals surface area contributed by atoms with E-state index in [0.29, 0.717) is 36.9 Å². The molecule has 19 heavy (non-hydrogen) atoms. The summed E-state index contributed by atoms with van der Waals surface area (Å²) in [6.07, 6.45) is 0. The molecule has 104 valence electrons. The molecule has 7 nitrogen and oxygen atoms in total. The van der Waals surface area contributed by atoms with E-state index in [1.54, 1.807) is 0 Å². The van der Waals surface area contributed by atoms with Crippen LogP contribution < -0.4 is 10.6 Å². The number of rotatable bonds is 6. The maximum absolute atomic E-state index is 5.45. The van der Waals surface area contributed by atoms with Crippen molar-refractivity contribution in [1.82, 2.24) is 20.5 Å². The van der Waals surface area contributed by atoms with Crippen LogP contribution in [0.15, 0.2) is 8.83 Å². The molecule has 0 spiro atoms. The summed E-state index contributed by atoms with van der Waals surface area (Å²) in [7, 11) is 0. The van der Waals surface area contributed by atoms with Gasteiger partial charge in [-0.1, -0.05) is 18.9 Å². The zero-order chi connectivity index (χ0) is 13.8. The Labute approximate surface area is 111 Å². The molecule has 0 fully saturated rings. The molecule has 0 amide bonds. The second kappa shape index (κ2) is 5.83. The minimum absolute atomic E-state index is 0.370. The Morgan fingerprint density at radius 3 is 2.47 bits per heavy atom. The van der Waals surface area contributed by atoms with Crippen molar-refractivity contribution in [2.24, 2.45) is 0 Å². The molecule has 0 saturated carbocycles. The average Bonchev–Trinajstić information content (AvgIpc) is 2.92. The van der Waals surface area contributed by atoms with Gasteiger partial charge in [-0.25, -0.2) is 4.98 Å². The van der Waals surface area contributed by atoms with Gasteiger partial charge >= 0.3 is 6.01 Å². The fourth-order valence-corrected chi connectivity index (χ4v) is 1.45. The van der Waals surface area contributed by atoms with E-state index in [1.807, 2.05) is 13.8 Å². The Bertz CT molecular complexity index is 512. The molecular formula is C12H19N5O2. The average molecular weight is 265 g/mol. The van der Waals surface area contributed by atoms with Crippen LogP contribution in [0.25, 0.3) is 0 Å². The Morgan fingerprint density at radius 2 is 1.84 bits per heavy atom. The number of anilines is 1. The van der Waals surface area contributed by atoms with E-state index in [2.05, 4.69) is 39.7 Å². The highest BCUT2D eigenvalue weighted by Gasteiger charge is 2.09. The highest BCUT2D eigenvalue weighted by atomic mass is 16.4. The van der Waals surface area contributed by atoms with Gasteiger partial charge in [0.1, 0.15) is 5.76 Å². The lowest BCUT2D eigenvalue weighted by Gasteiger charge is -2.03. The van der Waals surface area contributed by atoms with Crippen LogP contribution >= 0.6 is 0 Å². The number of nitrogens with zero attached hydrogens (tertiary/aromatic N) is 3. The lowest BCUT2D eigenvalue weighted by atomic mass is 10.4. The van der Waals surface area contributed by atoms with E-state index in [1.165, 1.54) is 0 Å². The molecule has 0 aliphatic heterocycles. The van der Waals surface area contributed by atoms with Gasteiger partial charge in [-0.05, 0) is 13.8 Å². The number of hydrogen-bond acceptors (Lipinski definition) is 7. The summed E-state index contributed by atoms with van der Waals surface area (Å²) < 4.78 is 10.9. The van der Waals surface area contributed by atoms with Crippen LogP contribution in [0, 0.1) is 13.8 Å². The van der Waals surface area contributed by atoms with Crippen LogP contribution in [0.5, 0.6) is 0 Å². The van der Waals surface area contributed by atoms with Crippen molar-refractivity contribution in [1.29, 1.82) is 0 Å². The third-order valence-corrected chi connectivity index (χ3v) is 2.59. The molecule has 0 aliphatic carbocycles. The normalized spacial score (nSPS) is 11.2. The SMILES string of the molecule is Cc1nc(CNc2nnc(CNC(C)C)o2)oc1C. The second-order valence-electron chi connectivity index (χ2n) is 4.64. The topological polar surface area (TPSA) is 89.0 Å². The van der Waals surface area contributed by atoms with Crippen molar-refractivity contribution in [2.45, 2.75) is 46.8 Å². The highest BCUT2D eigenvalue weighted by molar-refractivity contribution is 5.18. The van der Waals surface area contributed by atoms with E-state index in [9.17, 15) is 0 Å². The summed E-state index contributed by atoms with van der Waals surface area (Å²) in [5, 5.41) is 14.0. The predicted octanol–water partition coefficient (Wildman–Crippen LogP) is 1.78. The van der Waals surface area contributed by atoms with Gasteiger partial charge in [0.15, 0.2) is 0 Å². The molecule has 2 N–H and O–H groups in total. The molecule has 2 aromatic rings. The minimum atomic E-state index is 0.370. The molecule has 2 heterocycles. The van der Waals surface area contributed by atoms with Crippen LogP contribution in [0.2, 0.25) is 0 Å². The zero-order valence-electron chi connectivity index (χ0n) is 11.6. The van der Waals surface area contributed by atoms with Gasteiger partial charge in [-0.2, -0.15) is 0 Å². The second-order valence-corrected chi connectivity index (χ2v) is 4.64. The van der Waals surface area contributed by atoms with Crippen molar-refractivity contribution in [3.05, 3.63) is 23.2 Å². The van der Waals surface area contributed by atoms with Crippen LogP contribution in [0.3, 0.4) is 0 Å². The molecule has 0 aliphatic rings. The van der Waals surface area contributed by atoms with Crippen LogP contribution in [0.1, 0.15) is 37.1 Å². The monoisotopic (exact) mass is 265 g/mol. The quantitative estimate of drug-likeness (QED) is 0.822. The Hall–Kier alpha value is -1.89. The Kier molecular flexibility index (Phi) is 4.16. The molecule has 2 aromatic heterocycles. The number of aromatic nitrogens is 3. The third-order valence-electron chi connectivity index (χ3n) is 2.59. The summed E-state index contributed by atoms with van der Waals surface area (Å²) in [5.41, 5.74) is 0.893. The van der Waals surface area contributed by atoms with Crippen molar-refractivity contribution in [2.75, 3.05) is 5.32 Å². The largest absolute Gasteiger partial charge is 0.444 e. The van der Waals surface area contributed by atoms with E-state index in [0.717, 1.165) is 11.5 Å². The molecule has 0 bridgehead atoms. The van der Waals surface area contributed by atoms with Crippen molar-refractivity contribution < 1.29 is 8.83 Å². The van der Waals surface area contributed by atoms with Gasteiger partial charge in [-0.15, -0.1) is 5.10 Å². The first-order chi connectivity index (χ1) is 9.04. The number of hydrogen-bond donors (Lipinski definition) is 2. The number of aryl methyl sites for hydroxylation is 2. The first-order valence-electron chi connectivity index (χ1n) is 6.27. The zero-order valence-corrected chi connectivity index (χ0v) is 11.6. The van der Waals surface area contributed by atoms with Gasteiger partial charge < -0.3 is 19.5 Å². The first-order valence-corrected chi connectivity index (χ1v) is 6.27. The van der Waals surface area contributed by atoms with Gasteiger partial charge in [0.25, 0.3) is 0 Å². The van der Waals surface area contributed by atoms with Crippen LogP contribution in [0.4, 0.5) is 6.01 Å². The maximum atomic E-state index is 5.45. The summed E-state index contributed by atoms with van der Waals surface area (Å²) in [5.74, 6) is 1.98. The summed E-state index contributed by atoms with van der Waals surface area (Å²) in [6.45, 7) is 8.89. The molecule has 0 radical (unpaired) electrons. The smallest absolute Gasteiger partial charge is 0.315 e. The minimum Gasteiger partial charge on any atom is -0.444 e. The van der Waals surface area contributed by atoms with E-state index in [4.69, 9.17) is 8.83 Å². The first kappa shape index (κ1) is 13.5. The molecule has 2 rings (SSSR count). The lowest BCUT2D eigenvalue weighted by Crippen LogP contribution is -2.21. The van der Waals surface area contributed by atoms with Crippen LogP contribution in [-0.4, -0.2) is 21.2 Å². The van der Waals surface area contributed by atoms with Crippen molar-refractivity contribution in [3.8, 4) is 0 Å².